The lowest BCUT2D eigenvalue weighted by Gasteiger charge is -2.08. The number of carbonyl (C=O) groups is 2. The van der Waals surface area contributed by atoms with Crippen molar-refractivity contribution in [2.24, 2.45) is 0 Å². The molecule has 104 valence electrons. The van der Waals surface area contributed by atoms with Gasteiger partial charge in [-0.05, 0) is 19.1 Å². The third kappa shape index (κ3) is 3.00. The highest BCUT2D eigenvalue weighted by Gasteiger charge is 2.15. The largest absolute Gasteiger partial charge is 0.493 e. The molecule has 1 heterocycles. The van der Waals surface area contributed by atoms with Crippen LogP contribution < -0.4 is 4.74 Å². The molecule has 1 aromatic carbocycles. The maximum Gasteiger partial charge on any atom is 0.358 e. The molecule has 7 nitrogen and oxygen atoms in total. The monoisotopic (exact) mass is 275 g/mol. The highest BCUT2D eigenvalue weighted by Crippen LogP contribution is 2.19. The minimum absolute atomic E-state index is 0.0929. The number of aromatic carboxylic acids is 1. The summed E-state index contributed by atoms with van der Waals surface area (Å²) < 4.78 is 6.57. The number of carboxylic acid groups (broad SMARTS) is 1. The lowest BCUT2D eigenvalue weighted by atomic mass is 10.1. The first-order valence-electron chi connectivity index (χ1n) is 6.00. The normalized spacial score (nSPS) is 10.2. The van der Waals surface area contributed by atoms with Crippen LogP contribution in [0.3, 0.4) is 0 Å². The molecule has 20 heavy (non-hydrogen) atoms. The fourth-order valence-corrected chi connectivity index (χ4v) is 1.68. The van der Waals surface area contributed by atoms with Gasteiger partial charge in [0.2, 0.25) is 0 Å². The van der Waals surface area contributed by atoms with Crippen molar-refractivity contribution in [3.05, 3.63) is 41.7 Å². The van der Waals surface area contributed by atoms with Crippen molar-refractivity contribution < 1.29 is 19.4 Å². The molecule has 7 heteroatoms. The second-order valence-corrected chi connectivity index (χ2v) is 3.96. The quantitative estimate of drug-likeness (QED) is 0.797. The van der Waals surface area contributed by atoms with Crippen LogP contribution in [0.1, 0.15) is 27.8 Å². The van der Waals surface area contributed by atoms with E-state index in [1.165, 1.54) is 10.9 Å². The van der Waals surface area contributed by atoms with Crippen molar-refractivity contribution in [1.82, 2.24) is 15.0 Å². The molecule has 0 bridgehead atoms. The van der Waals surface area contributed by atoms with Crippen molar-refractivity contribution >= 4 is 11.8 Å². The number of rotatable bonds is 6. The Kier molecular flexibility index (Phi) is 4.09. The van der Waals surface area contributed by atoms with Crippen LogP contribution in [0, 0.1) is 0 Å². The predicted octanol–water partition coefficient (Wildman–Crippen LogP) is 1.26. The van der Waals surface area contributed by atoms with Crippen molar-refractivity contribution in [3.8, 4) is 5.75 Å². The summed E-state index contributed by atoms with van der Waals surface area (Å²) in [6.07, 6.45) is 1.21. The number of carboxylic acids is 1. The van der Waals surface area contributed by atoms with Gasteiger partial charge >= 0.3 is 5.97 Å². The Morgan fingerprint density at radius 1 is 1.35 bits per heavy atom. The first-order chi connectivity index (χ1) is 9.61. The van der Waals surface area contributed by atoms with Crippen LogP contribution >= 0.6 is 0 Å². The zero-order valence-corrected chi connectivity index (χ0v) is 10.8. The van der Waals surface area contributed by atoms with E-state index in [2.05, 4.69) is 10.3 Å². The molecule has 0 fully saturated rings. The highest BCUT2D eigenvalue weighted by atomic mass is 16.5. The molecular weight excluding hydrogens is 262 g/mol. The van der Waals surface area contributed by atoms with E-state index in [4.69, 9.17) is 9.84 Å². The van der Waals surface area contributed by atoms with Gasteiger partial charge in [0.25, 0.3) is 0 Å². The zero-order valence-electron chi connectivity index (χ0n) is 10.8. The standard InChI is InChI=1S/C13H13N3O4/c1-2-20-12-6-4-3-5-9(12)11(17)8-16-7-10(13(18)19)14-15-16/h3-7H,2,8H2,1H3,(H,18,19). The molecule has 1 N–H and O–H groups in total. The average Bonchev–Trinajstić information content (AvgIpc) is 2.88. The van der Waals surface area contributed by atoms with Crippen molar-refractivity contribution in [2.45, 2.75) is 13.5 Å². The van der Waals surface area contributed by atoms with E-state index in [9.17, 15) is 9.59 Å². The molecule has 0 spiro atoms. The van der Waals surface area contributed by atoms with Crippen molar-refractivity contribution in [1.29, 1.82) is 0 Å². The molecule has 0 saturated heterocycles. The second-order valence-electron chi connectivity index (χ2n) is 3.96. The van der Waals surface area contributed by atoms with Crippen LogP contribution in [0.4, 0.5) is 0 Å². The molecule has 1 aromatic heterocycles. The van der Waals surface area contributed by atoms with Crippen LogP contribution in [0.15, 0.2) is 30.5 Å². The number of nitrogens with zero attached hydrogens (tertiary/aromatic N) is 3. The summed E-state index contributed by atoms with van der Waals surface area (Å²) in [6.45, 7) is 2.19. The number of hydrogen-bond donors (Lipinski definition) is 1. The van der Waals surface area contributed by atoms with Crippen molar-refractivity contribution in [2.75, 3.05) is 6.61 Å². The van der Waals surface area contributed by atoms with Crippen LogP contribution in [0.5, 0.6) is 5.75 Å². The summed E-state index contributed by atoms with van der Waals surface area (Å²) in [6, 6.07) is 6.88. The molecule has 0 radical (unpaired) electrons. The summed E-state index contributed by atoms with van der Waals surface area (Å²) in [5, 5.41) is 15.8. The maximum atomic E-state index is 12.2. The van der Waals surface area contributed by atoms with Gasteiger partial charge in [0.1, 0.15) is 12.3 Å². The van der Waals surface area contributed by atoms with E-state index in [0.717, 1.165) is 0 Å². The van der Waals surface area contributed by atoms with E-state index in [-0.39, 0.29) is 18.0 Å². The van der Waals surface area contributed by atoms with E-state index in [0.29, 0.717) is 17.9 Å². The number of ether oxygens (including phenoxy) is 1. The van der Waals surface area contributed by atoms with Gasteiger partial charge in [-0.25, -0.2) is 9.48 Å². The number of para-hydroxylation sites is 1. The maximum absolute atomic E-state index is 12.2. The molecular formula is C13H13N3O4. The van der Waals surface area contributed by atoms with E-state index >= 15 is 0 Å². The minimum atomic E-state index is -1.18. The number of benzene rings is 1. The average molecular weight is 275 g/mol. The van der Waals surface area contributed by atoms with Gasteiger partial charge in [0.05, 0.1) is 18.4 Å². The summed E-state index contributed by atoms with van der Waals surface area (Å²) in [4.78, 5) is 22.9. The summed E-state index contributed by atoms with van der Waals surface area (Å²) in [7, 11) is 0. The number of hydrogen-bond acceptors (Lipinski definition) is 5. The molecule has 2 aromatic rings. The van der Waals surface area contributed by atoms with Crippen LogP contribution in [0.2, 0.25) is 0 Å². The lowest BCUT2D eigenvalue weighted by Crippen LogP contribution is -2.12. The summed E-state index contributed by atoms with van der Waals surface area (Å²) in [5.74, 6) is -0.909. The van der Waals surface area contributed by atoms with Gasteiger partial charge in [-0.15, -0.1) is 5.10 Å². The molecule has 0 aliphatic carbocycles. The van der Waals surface area contributed by atoms with Gasteiger partial charge in [-0.1, -0.05) is 17.3 Å². The molecule has 0 saturated carbocycles. The number of ketones is 1. The molecule has 0 aliphatic rings. The van der Waals surface area contributed by atoms with Crippen LogP contribution in [-0.2, 0) is 6.54 Å². The molecule has 0 atom stereocenters. The molecule has 2 rings (SSSR count). The smallest absolute Gasteiger partial charge is 0.358 e. The predicted molar refractivity (Wildman–Crippen MR) is 68.9 cm³/mol. The second kappa shape index (κ2) is 5.96. The number of aromatic nitrogens is 3. The topological polar surface area (TPSA) is 94.3 Å². The summed E-state index contributed by atoms with van der Waals surface area (Å²) >= 11 is 0. The van der Waals surface area contributed by atoms with E-state index in [1.807, 2.05) is 6.92 Å². The summed E-state index contributed by atoms with van der Waals surface area (Å²) in [5.41, 5.74) is 0.234. The zero-order chi connectivity index (χ0) is 14.5. The van der Waals surface area contributed by atoms with E-state index < -0.39 is 5.97 Å². The third-order valence-corrected chi connectivity index (χ3v) is 2.55. The lowest BCUT2D eigenvalue weighted by molar-refractivity contribution is 0.0690. The van der Waals surface area contributed by atoms with Gasteiger partial charge < -0.3 is 9.84 Å². The van der Waals surface area contributed by atoms with Crippen LogP contribution in [-0.4, -0.2) is 38.5 Å². The van der Waals surface area contributed by atoms with Crippen LogP contribution in [0.25, 0.3) is 0 Å². The third-order valence-electron chi connectivity index (χ3n) is 2.55. The fraction of sp³-hybridized carbons (Fsp3) is 0.231. The SMILES string of the molecule is CCOc1ccccc1C(=O)Cn1cc(C(=O)O)nn1. The first kappa shape index (κ1) is 13.7. The van der Waals surface area contributed by atoms with E-state index in [1.54, 1.807) is 24.3 Å². The fourth-order valence-electron chi connectivity index (χ4n) is 1.68. The Labute approximate surface area is 114 Å². The number of Topliss-reactive ketones (excluding diaryl/α,β-unsaturated/α-hetero) is 1. The minimum Gasteiger partial charge on any atom is -0.493 e. The Bertz CT molecular complexity index is 636. The Morgan fingerprint density at radius 3 is 2.75 bits per heavy atom. The molecule has 0 unspecified atom stereocenters. The van der Waals surface area contributed by atoms with Gasteiger partial charge in [-0.2, -0.15) is 0 Å². The van der Waals surface area contributed by atoms with Crippen molar-refractivity contribution in [3.63, 3.8) is 0 Å². The Hall–Kier alpha value is -2.70. The molecule has 0 aliphatic heterocycles. The van der Waals surface area contributed by atoms with Gasteiger partial charge in [0, 0.05) is 0 Å². The first-order valence-corrected chi connectivity index (χ1v) is 6.00. The van der Waals surface area contributed by atoms with Gasteiger partial charge in [0.15, 0.2) is 11.5 Å². The number of carbonyl (C=O) groups excluding carboxylic acids is 1. The van der Waals surface area contributed by atoms with Gasteiger partial charge in [-0.3, -0.25) is 4.79 Å². The highest BCUT2D eigenvalue weighted by molar-refractivity contribution is 5.98. The molecule has 0 amide bonds. The Balaban J connectivity index is 2.17. The Morgan fingerprint density at radius 2 is 2.10 bits per heavy atom.